The highest BCUT2D eigenvalue weighted by molar-refractivity contribution is 5.40. The molecule has 2 atom stereocenters. The maximum Gasteiger partial charge on any atom is 0.147 e. The van der Waals surface area contributed by atoms with E-state index in [-0.39, 0.29) is 12.2 Å². The fourth-order valence-electron chi connectivity index (χ4n) is 2.38. The van der Waals surface area contributed by atoms with Crippen LogP contribution in [-0.2, 0) is 4.74 Å². The zero-order chi connectivity index (χ0) is 18.4. The summed E-state index contributed by atoms with van der Waals surface area (Å²) >= 11 is 0. The average Bonchev–Trinajstić information content (AvgIpc) is 2.56. The number of aromatic nitrogens is 4. The van der Waals surface area contributed by atoms with Gasteiger partial charge >= 0.3 is 0 Å². The highest BCUT2D eigenvalue weighted by Gasteiger charge is 2.11. The van der Waals surface area contributed by atoms with Crippen LogP contribution in [0, 0.1) is 27.7 Å². The smallest absolute Gasteiger partial charge is 0.147 e. The predicted octanol–water partition coefficient (Wildman–Crippen LogP) is 2.82. The molecule has 136 valence electrons. The number of hydrogen-bond donors (Lipinski definition) is 2. The second-order valence-electron chi connectivity index (χ2n) is 6.41. The van der Waals surface area contributed by atoms with Gasteiger partial charge in [-0.15, -0.1) is 0 Å². The number of anilines is 2. The van der Waals surface area contributed by atoms with E-state index in [1.54, 1.807) is 12.4 Å². The molecule has 25 heavy (non-hydrogen) atoms. The maximum absolute atomic E-state index is 6.01. The van der Waals surface area contributed by atoms with Crippen molar-refractivity contribution in [2.24, 2.45) is 0 Å². The van der Waals surface area contributed by atoms with Gasteiger partial charge in [0.15, 0.2) is 0 Å². The van der Waals surface area contributed by atoms with Crippen molar-refractivity contribution in [3.05, 3.63) is 35.2 Å². The molecule has 2 heterocycles. The Balaban J connectivity index is 1.78. The lowest BCUT2D eigenvalue weighted by Crippen LogP contribution is -2.29. The van der Waals surface area contributed by atoms with Crippen LogP contribution in [0.5, 0.6) is 0 Å². The standard InChI is InChI=1S/C18H28N6O/c1-11-7-19-15(5)17(23-11)21-9-13(3)25-14(4)10-22-18-16(6)20-8-12(2)24-18/h7-8,13-14H,9-10H2,1-6H3,(H,21,23)(H,22,24). The largest absolute Gasteiger partial charge is 0.372 e. The van der Waals surface area contributed by atoms with E-state index in [0.717, 1.165) is 34.4 Å². The Kier molecular flexibility index (Phi) is 6.64. The lowest BCUT2D eigenvalue weighted by molar-refractivity contribution is 0.0232. The minimum absolute atomic E-state index is 0.0446. The third-order valence-corrected chi connectivity index (χ3v) is 3.73. The molecule has 0 radical (unpaired) electrons. The molecule has 7 heteroatoms. The zero-order valence-corrected chi connectivity index (χ0v) is 15.9. The third-order valence-electron chi connectivity index (χ3n) is 3.73. The Morgan fingerprint density at radius 3 is 1.60 bits per heavy atom. The quantitative estimate of drug-likeness (QED) is 0.761. The molecule has 0 aliphatic carbocycles. The molecule has 0 bridgehead atoms. The fraction of sp³-hybridized carbons (Fsp3) is 0.556. The number of ether oxygens (including phenoxy) is 1. The SMILES string of the molecule is Cc1cnc(C)c(NCC(C)OC(C)CNc2nc(C)cnc2C)n1. The summed E-state index contributed by atoms with van der Waals surface area (Å²) in [5.41, 5.74) is 3.57. The molecule has 0 aliphatic rings. The fourth-order valence-corrected chi connectivity index (χ4v) is 2.38. The monoisotopic (exact) mass is 344 g/mol. The van der Waals surface area contributed by atoms with E-state index in [4.69, 9.17) is 4.74 Å². The van der Waals surface area contributed by atoms with Gasteiger partial charge in [0.1, 0.15) is 11.6 Å². The molecule has 0 spiro atoms. The Hall–Kier alpha value is -2.28. The van der Waals surface area contributed by atoms with E-state index in [9.17, 15) is 0 Å². The van der Waals surface area contributed by atoms with Gasteiger partial charge in [0.25, 0.3) is 0 Å². The van der Waals surface area contributed by atoms with Gasteiger partial charge < -0.3 is 15.4 Å². The Labute approximate surface area is 149 Å². The summed E-state index contributed by atoms with van der Waals surface area (Å²) in [4.78, 5) is 17.5. The van der Waals surface area contributed by atoms with Crippen molar-refractivity contribution in [1.82, 2.24) is 19.9 Å². The van der Waals surface area contributed by atoms with Crippen LogP contribution in [-0.4, -0.2) is 45.2 Å². The minimum Gasteiger partial charge on any atom is -0.372 e. The normalized spacial score (nSPS) is 13.4. The lowest BCUT2D eigenvalue weighted by Gasteiger charge is -2.21. The van der Waals surface area contributed by atoms with Gasteiger partial charge in [0, 0.05) is 25.5 Å². The van der Waals surface area contributed by atoms with Crippen molar-refractivity contribution in [2.45, 2.75) is 53.8 Å². The molecule has 2 aromatic rings. The first-order valence-corrected chi connectivity index (χ1v) is 8.59. The Morgan fingerprint density at radius 1 is 0.800 bits per heavy atom. The van der Waals surface area contributed by atoms with Crippen LogP contribution in [0.25, 0.3) is 0 Å². The highest BCUT2D eigenvalue weighted by atomic mass is 16.5. The molecular formula is C18H28N6O. The van der Waals surface area contributed by atoms with E-state index in [1.165, 1.54) is 0 Å². The van der Waals surface area contributed by atoms with E-state index < -0.39 is 0 Å². The number of aryl methyl sites for hydroxylation is 4. The van der Waals surface area contributed by atoms with Crippen LogP contribution >= 0.6 is 0 Å². The minimum atomic E-state index is 0.0446. The first-order chi connectivity index (χ1) is 11.8. The molecule has 0 saturated carbocycles. The lowest BCUT2D eigenvalue weighted by atomic mass is 10.3. The molecule has 0 saturated heterocycles. The molecule has 7 nitrogen and oxygen atoms in total. The van der Waals surface area contributed by atoms with Gasteiger partial charge in [0.05, 0.1) is 35.0 Å². The van der Waals surface area contributed by atoms with E-state index in [2.05, 4.69) is 30.6 Å². The van der Waals surface area contributed by atoms with Crippen LogP contribution in [0.3, 0.4) is 0 Å². The van der Waals surface area contributed by atoms with Gasteiger partial charge in [-0.25, -0.2) is 9.97 Å². The van der Waals surface area contributed by atoms with Gasteiger partial charge in [-0.05, 0) is 41.5 Å². The van der Waals surface area contributed by atoms with Crippen molar-refractivity contribution in [3.63, 3.8) is 0 Å². The van der Waals surface area contributed by atoms with E-state index >= 15 is 0 Å². The van der Waals surface area contributed by atoms with Crippen LogP contribution in [0.15, 0.2) is 12.4 Å². The molecule has 2 rings (SSSR count). The van der Waals surface area contributed by atoms with Crippen LogP contribution in [0.2, 0.25) is 0 Å². The van der Waals surface area contributed by atoms with Crippen LogP contribution < -0.4 is 10.6 Å². The predicted molar refractivity (Wildman–Crippen MR) is 100 cm³/mol. The first kappa shape index (κ1) is 19.1. The summed E-state index contributed by atoms with van der Waals surface area (Å²) < 4.78 is 6.01. The van der Waals surface area contributed by atoms with E-state index in [0.29, 0.717) is 13.1 Å². The highest BCUT2D eigenvalue weighted by Crippen LogP contribution is 2.11. The zero-order valence-electron chi connectivity index (χ0n) is 15.9. The molecule has 0 fully saturated rings. The van der Waals surface area contributed by atoms with Crippen molar-refractivity contribution in [3.8, 4) is 0 Å². The Bertz CT molecular complexity index is 646. The first-order valence-electron chi connectivity index (χ1n) is 8.59. The molecule has 2 N–H and O–H groups in total. The van der Waals surface area contributed by atoms with Gasteiger partial charge in [-0.2, -0.15) is 0 Å². The maximum atomic E-state index is 6.01. The molecule has 0 aromatic carbocycles. The Morgan fingerprint density at radius 2 is 1.20 bits per heavy atom. The van der Waals surface area contributed by atoms with Gasteiger partial charge in [0.2, 0.25) is 0 Å². The van der Waals surface area contributed by atoms with Crippen molar-refractivity contribution in [1.29, 1.82) is 0 Å². The molecule has 0 aliphatic heterocycles. The molecule has 2 unspecified atom stereocenters. The topological polar surface area (TPSA) is 84.9 Å². The summed E-state index contributed by atoms with van der Waals surface area (Å²) in [5.74, 6) is 1.62. The number of nitrogens with zero attached hydrogens (tertiary/aromatic N) is 4. The third kappa shape index (κ3) is 5.94. The number of hydrogen-bond acceptors (Lipinski definition) is 7. The summed E-state index contributed by atoms with van der Waals surface area (Å²) in [6.07, 6.45) is 3.63. The average molecular weight is 344 g/mol. The second kappa shape index (κ2) is 8.71. The molecule has 2 aromatic heterocycles. The second-order valence-corrected chi connectivity index (χ2v) is 6.41. The van der Waals surface area contributed by atoms with Crippen LogP contribution in [0.4, 0.5) is 11.6 Å². The number of rotatable bonds is 8. The molecular weight excluding hydrogens is 316 g/mol. The summed E-state index contributed by atoms with van der Waals surface area (Å²) in [5, 5.41) is 6.62. The summed E-state index contributed by atoms with van der Waals surface area (Å²) in [6, 6.07) is 0. The van der Waals surface area contributed by atoms with Crippen molar-refractivity contribution in [2.75, 3.05) is 23.7 Å². The summed E-state index contributed by atoms with van der Waals surface area (Å²) in [7, 11) is 0. The summed E-state index contributed by atoms with van der Waals surface area (Å²) in [6.45, 7) is 13.2. The van der Waals surface area contributed by atoms with Gasteiger partial charge in [-0.1, -0.05) is 0 Å². The van der Waals surface area contributed by atoms with E-state index in [1.807, 2.05) is 41.5 Å². The molecule has 0 amide bonds. The van der Waals surface area contributed by atoms with Gasteiger partial charge in [-0.3, -0.25) is 9.97 Å². The number of nitrogens with one attached hydrogen (secondary N) is 2. The van der Waals surface area contributed by atoms with Crippen molar-refractivity contribution < 1.29 is 4.74 Å². The van der Waals surface area contributed by atoms with Crippen LogP contribution in [0.1, 0.15) is 36.6 Å². The van der Waals surface area contributed by atoms with Crippen molar-refractivity contribution >= 4 is 11.6 Å².